The van der Waals surface area contributed by atoms with Gasteiger partial charge in [0.05, 0.1) is 30.9 Å². The van der Waals surface area contributed by atoms with Crippen molar-refractivity contribution < 1.29 is 27.4 Å². The van der Waals surface area contributed by atoms with Crippen LogP contribution in [0.15, 0.2) is 30.3 Å². The molecule has 1 aromatic carbocycles. The minimum Gasteiger partial charge on any atom is -0.493 e. The molecule has 1 N–H and O–H groups in total. The van der Waals surface area contributed by atoms with Gasteiger partial charge in [-0.15, -0.1) is 0 Å². The smallest absolute Gasteiger partial charge is 0.416 e. The summed E-state index contributed by atoms with van der Waals surface area (Å²) in [5, 5.41) is 7.32. The van der Waals surface area contributed by atoms with Gasteiger partial charge in [0.1, 0.15) is 5.75 Å². The molecule has 1 saturated heterocycles. The number of alkyl halides is 3. The molecule has 2 aromatic rings. The van der Waals surface area contributed by atoms with Crippen molar-refractivity contribution in [2.75, 3.05) is 33.4 Å². The van der Waals surface area contributed by atoms with Gasteiger partial charge in [-0.25, -0.2) is 0 Å². The molecule has 0 radical (unpaired) electrons. The van der Waals surface area contributed by atoms with Crippen LogP contribution in [0.25, 0.3) is 0 Å². The Labute approximate surface area is 167 Å². The molecule has 0 unspecified atom stereocenters. The van der Waals surface area contributed by atoms with Crippen LogP contribution in [-0.4, -0.2) is 54.4 Å². The zero-order valence-corrected chi connectivity index (χ0v) is 16.2. The van der Waals surface area contributed by atoms with Crippen LogP contribution < -0.4 is 4.74 Å². The number of likely N-dealkylation sites (tertiary alicyclic amines) is 1. The number of amides is 1. The van der Waals surface area contributed by atoms with Gasteiger partial charge in [0.25, 0.3) is 0 Å². The van der Waals surface area contributed by atoms with Crippen LogP contribution in [0.1, 0.15) is 35.7 Å². The molecule has 9 heteroatoms. The van der Waals surface area contributed by atoms with Crippen molar-refractivity contribution in [2.24, 2.45) is 0 Å². The molecule has 1 aliphatic rings. The fourth-order valence-electron chi connectivity index (χ4n) is 3.31. The van der Waals surface area contributed by atoms with Crippen molar-refractivity contribution in [1.82, 2.24) is 15.1 Å². The van der Waals surface area contributed by atoms with E-state index in [1.165, 1.54) is 12.1 Å². The standard InChI is InChI=1S/C20H24F3N3O3/c1-28-10-8-19(27)26-9-6-14(13-26)18-12-16(24-25-18)7-11-29-17-4-2-15(3-5-17)20(21,22)23/h2-5,12,14H,6-11,13H2,1H3,(H,24,25)/t14-/m1/s1. The number of nitrogens with one attached hydrogen (secondary N) is 1. The Morgan fingerprint density at radius 2 is 2.03 bits per heavy atom. The monoisotopic (exact) mass is 411 g/mol. The van der Waals surface area contributed by atoms with Crippen LogP contribution >= 0.6 is 0 Å². The SMILES string of the molecule is COCCC(=O)N1CC[C@@H](c2cc(CCOc3ccc(C(F)(F)F)cc3)[nH]n2)C1. The Kier molecular flexibility index (Phi) is 6.79. The van der Waals surface area contributed by atoms with E-state index in [0.717, 1.165) is 29.9 Å². The molecule has 1 amide bonds. The van der Waals surface area contributed by atoms with E-state index in [4.69, 9.17) is 9.47 Å². The van der Waals surface area contributed by atoms with Crippen molar-refractivity contribution in [3.63, 3.8) is 0 Å². The number of halogens is 3. The van der Waals surface area contributed by atoms with E-state index < -0.39 is 11.7 Å². The van der Waals surface area contributed by atoms with Crippen LogP contribution in [0, 0.1) is 0 Å². The van der Waals surface area contributed by atoms with Crippen LogP contribution in [-0.2, 0) is 22.1 Å². The topological polar surface area (TPSA) is 67.4 Å². The van der Waals surface area contributed by atoms with Crippen LogP contribution in [0.5, 0.6) is 5.75 Å². The second kappa shape index (κ2) is 9.30. The summed E-state index contributed by atoms with van der Waals surface area (Å²) in [5.74, 6) is 0.677. The quantitative estimate of drug-likeness (QED) is 0.723. The van der Waals surface area contributed by atoms with Crippen molar-refractivity contribution in [3.05, 3.63) is 47.3 Å². The van der Waals surface area contributed by atoms with Gasteiger partial charge in [-0.2, -0.15) is 18.3 Å². The van der Waals surface area contributed by atoms with E-state index in [0.29, 0.717) is 44.9 Å². The van der Waals surface area contributed by atoms with Crippen molar-refractivity contribution in [1.29, 1.82) is 0 Å². The first kappa shape index (κ1) is 21.2. The van der Waals surface area contributed by atoms with E-state index in [2.05, 4.69) is 10.2 Å². The lowest BCUT2D eigenvalue weighted by molar-refractivity contribution is -0.137. The molecule has 0 spiro atoms. The van der Waals surface area contributed by atoms with E-state index in [-0.39, 0.29) is 11.8 Å². The number of nitrogens with zero attached hydrogens (tertiary/aromatic N) is 2. The first-order chi connectivity index (χ1) is 13.9. The Bertz CT molecular complexity index is 805. The molecule has 0 saturated carbocycles. The summed E-state index contributed by atoms with van der Waals surface area (Å²) in [6.07, 6.45) is -2.55. The number of aromatic nitrogens is 2. The number of benzene rings is 1. The second-order valence-corrected chi connectivity index (χ2v) is 7.01. The number of hydrogen-bond donors (Lipinski definition) is 1. The van der Waals surface area contributed by atoms with Crippen LogP contribution in [0.2, 0.25) is 0 Å². The molecular formula is C20H24F3N3O3. The molecule has 1 aromatic heterocycles. The maximum Gasteiger partial charge on any atom is 0.416 e. The highest BCUT2D eigenvalue weighted by Gasteiger charge is 2.30. The van der Waals surface area contributed by atoms with Crippen LogP contribution in [0.3, 0.4) is 0 Å². The molecule has 29 heavy (non-hydrogen) atoms. The lowest BCUT2D eigenvalue weighted by Gasteiger charge is -2.15. The highest BCUT2D eigenvalue weighted by molar-refractivity contribution is 5.76. The maximum absolute atomic E-state index is 12.6. The molecule has 1 atom stereocenters. The number of methoxy groups -OCH3 is 1. The summed E-state index contributed by atoms with van der Waals surface area (Å²) in [5.41, 5.74) is 1.10. The summed E-state index contributed by atoms with van der Waals surface area (Å²) < 4.78 is 48.2. The van der Waals surface area contributed by atoms with Gasteiger partial charge < -0.3 is 14.4 Å². The lowest BCUT2D eigenvalue weighted by atomic mass is 10.0. The van der Waals surface area contributed by atoms with Gasteiger partial charge in [-0.3, -0.25) is 9.89 Å². The molecule has 6 nitrogen and oxygen atoms in total. The van der Waals surface area contributed by atoms with E-state index in [1.54, 1.807) is 7.11 Å². The third-order valence-electron chi connectivity index (χ3n) is 4.95. The molecule has 0 bridgehead atoms. The molecule has 158 valence electrons. The normalized spacial score (nSPS) is 17.0. The molecule has 1 fully saturated rings. The molecule has 3 rings (SSSR count). The average Bonchev–Trinajstić information content (AvgIpc) is 3.35. The van der Waals surface area contributed by atoms with Gasteiger partial charge in [-0.05, 0) is 36.8 Å². The lowest BCUT2D eigenvalue weighted by Crippen LogP contribution is -2.29. The first-order valence-corrected chi connectivity index (χ1v) is 9.48. The molecule has 1 aliphatic heterocycles. The highest BCUT2D eigenvalue weighted by atomic mass is 19.4. The third kappa shape index (κ3) is 5.72. The largest absolute Gasteiger partial charge is 0.493 e. The average molecular weight is 411 g/mol. The number of rotatable bonds is 8. The minimum atomic E-state index is -4.35. The summed E-state index contributed by atoms with van der Waals surface area (Å²) in [7, 11) is 1.58. The summed E-state index contributed by atoms with van der Waals surface area (Å²) >= 11 is 0. The summed E-state index contributed by atoms with van der Waals surface area (Å²) in [6, 6.07) is 6.60. The van der Waals surface area contributed by atoms with Gasteiger partial charge in [-0.1, -0.05) is 0 Å². The zero-order valence-electron chi connectivity index (χ0n) is 16.2. The summed E-state index contributed by atoms with van der Waals surface area (Å²) in [4.78, 5) is 13.9. The fourth-order valence-corrected chi connectivity index (χ4v) is 3.31. The highest BCUT2D eigenvalue weighted by Crippen LogP contribution is 2.30. The van der Waals surface area contributed by atoms with E-state index in [1.807, 2.05) is 11.0 Å². The predicted octanol–water partition coefficient (Wildman–Crippen LogP) is 3.40. The number of aromatic amines is 1. The van der Waals surface area contributed by atoms with Gasteiger partial charge in [0, 0.05) is 38.2 Å². The Morgan fingerprint density at radius 3 is 2.72 bits per heavy atom. The van der Waals surface area contributed by atoms with Gasteiger partial charge >= 0.3 is 6.18 Å². The number of carbonyl (C=O) groups is 1. The molecule has 2 heterocycles. The predicted molar refractivity (Wildman–Crippen MR) is 99.7 cm³/mol. The minimum absolute atomic E-state index is 0.0926. The maximum atomic E-state index is 12.6. The number of carbonyl (C=O) groups excluding carboxylic acids is 1. The number of hydrogen-bond acceptors (Lipinski definition) is 4. The number of ether oxygens (including phenoxy) is 2. The van der Waals surface area contributed by atoms with Crippen LogP contribution in [0.4, 0.5) is 13.2 Å². The van der Waals surface area contributed by atoms with Crippen molar-refractivity contribution in [3.8, 4) is 5.75 Å². The first-order valence-electron chi connectivity index (χ1n) is 9.48. The zero-order chi connectivity index (χ0) is 20.9. The van der Waals surface area contributed by atoms with Gasteiger partial charge in [0.2, 0.25) is 5.91 Å². The second-order valence-electron chi connectivity index (χ2n) is 7.01. The Morgan fingerprint density at radius 1 is 1.28 bits per heavy atom. The van der Waals surface area contributed by atoms with Crippen molar-refractivity contribution in [2.45, 2.75) is 31.4 Å². The van der Waals surface area contributed by atoms with Gasteiger partial charge in [0.15, 0.2) is 0 Å². The Balaban J connectivity index is 1.45. The van der Waals surface area contributed by atoms with E-state index >= 15 is 0 Å². The van der Waals surface area contributed by atoms with Crippen molar-refractivity contribution >= 4 is 5.91 Å². The molecule has 0 aliphatic carbocycles. The third-order valence-corrected chi connectivity index (χ3v) is 4.95. The summed E-state index contributed by atoms with van der Waals surface area (Å²) in [6.45, 7) is 2.10. The number of H-pyrrole nitrogens is 1. The fraction of sp³-hybridized carbons (Fsp3) is 0.500. The van der Waals surface area contributed by atoms with E-state index in [9.17, 15) is 18.0 Å². The molecular weight excluding hydrogens is 387 g/mol. The Hall–Kier alpha value is -2.55.